The molecule has 1 aromatic heterocycles. The first-order chi connectivity index (χ1) is 8.31. The van der Waals surface area contributed by atoms with Crippen molar-refractivity contribution >= 4 is 5.69 Å². The van der Waals surface area contributed by atoms with Crippen LogP contribution in [0.25, 0.3) is 0 Å². The lowest BCUT2D eigenvalue weighted by molar-refractivity contribution is 0.350. The molecule has 4 nitrogen and oxygen atoms in total. The van der Waals surface area contributed by atoms with Crippen LogP contribution in [0.3, 0.4) is 0 Å². The van der Waals surface area contributed by atoms with Gasteiger partial charge in [0, 0.05) is 11.6 Å². The number of rotatable bonds is 3. The van der Waals surface area contributed by atoms with E-state index in [0.29, 0.717) is 18.2 Å². The van der Waals surface area contributed by atoms with Crippen LogP contribution in [0.4, 0.5) is 5.69 Å². The highest BCUT2D eigenvalue weighted by molar-refractivity contribution is 5.41. The molecule has 2 N–H and O–H groups in total. The molecule has 88 valence electrons. The fraction of sp³-hybridized carbons (Fsp3) is 0.385. The number of hydrogen-bond donors (Lipinski definition) is 1. The quantitative estimate of drug-likeness (QED) is 0.821. The molecule has 3 rings (SSSR count). The van der Waals surface area contributed by atoms with Gasteiger partial charge in [-0.2, -0.15) is 4.98 Å². The van der Waals surface area contributed by atoms with Gasteiger partial charge in [0.15, 0.2) is 5.82 Å². The molecule has 1 aromatic carbocycles. The molecule has 2 aromatic rings. The van der Waals surface area contributed by atoms with Gasteiger partial charge in [0.25, 0.3) is 0 Å². The highest BCUT2D eigenvalue weighted by Gasteiger charge is 2.24. The number of anilines is 1. The minimum Gasteiger partial charge on any atom is -0.399 e. The van der Waals surface area contributed by atoms with E-state index in [1.807, 2.05) is 24.3 Å². The molecule has 1 aliphatic carbocycles. The fourth-order valence-corrected chi connectivity index (χ4v) is 2.05. The topological polar surface area (TPSA) is 64.9 Å². The minimum atomic E-state index is 0.522. The van der Waals surface area contributed by atoms with Crippen LogP contribution in [0.5, 0.6) is 0 Å². The summed E-state index contributed by atoms with van der Waals surface area (Å²) in [5.74, 6) is 2.07. The maximum Gasteiger partial charge on any atom is 0.231 e. The standard InChI is InChI=1S/C13H15N3O/c14-11-6-1-3-9(7-11)8-12-15-13(16-17-12)10-4-2-5-10/h1,3,6-7,10H,2,4-5,8,14H2. The van der Waals surface area contributed by atoms with Crippen LogP contribution < -0.4 is 5.73 Å². The average molecular weight is 229 g/mol. The predicted octanol–water partition coefficient (Wildman–Crippen LogP) is 2.51. The van der Waals surface area contributed by atoms with Gasteiger partial charge in [0.1, 0.15) is 0 Å². The lowest BCUT2D eigenvalue weighted by Crippen LogP contribution is -2.10. The highest BCUT2D eigenvalue weighted by Crippen LogP contribution is 2.34. The van der Waals surface area contributed by atoms with E-state index in [4.69, 9.17) is 10.3 Å². The monoisotopic (exact) mass is 229 g/mol. The van der Waals surface area contributed by atoms with Crippen LogP contribution in [-0.2, 0) is 6.42 Å². The molecular formula is C13H15N3O. The summed E-state index contributed by atoms with van der Waals surface area (Å²) in [5, 5.41) is 4.04. The third kappa shape index (κ3) is 2.16. The first-order valence-electron chi connectivity index (χ1n) is 5.98. The minimum absolute atomic E-state index is 0.522. The van der Waals surface area contributed by atoms with Crippen molar-refractivity contribution in [3.8, 4) is 0 Å². The molecule has 4 heteroatoms. The van der Waals surface area contributed by atoms with Gasteiger partial charge in [0.2, 0.25) is 5.89 Å². The van der Waals surface area contributed by atoms with Gasteiger partial charge in [0.05, 0.1) is 6.42 Å². The molecule has 1 aliphatic rings. The second-order valence-electron chi connectivity index (χ2n) is 4.60. The molecule has 1 fully saturated rings. The van der Waals surface area contributed by atoms with Crippen LogP contribution >= 0.6 is 0 Å². The summed E-state index contributed by atoms with van der Waals surface area (Å²) in [6, 6.07) is 7.77. The van der Waals surface area contributed by atoms with Crippen molar-refractivity contribution in [3.05, 3.63) is 41.5 Å². The Morgan fingerprint density at radius 1 is 1.35 bits per heavy atom. The van der Waals surface area contributed by atoms with E-state index in [2.05, 4.69) is 10.1 Å². The van der Waals surface area contributed by atoms with Gasteiger partial charge in [-0.3, -0.25) is 0 Å². The Kier molecular flexibility index (Phi) is 2.55. The summed E-state index contributed by atoms with van der Waals surface area (Å²) in [6.45, 7) is 0. The number of hydrogen-bond acceptors (Lipinski definition) is 4. The summed E-state index contributed by atoms with van der Waals surface area (Å²) in [6.07, 6.45) is 4.32. The molecule has 0 unspecified atom stereocenters. The van der Waals surface area contributed by atoms with Gasteiger partial charge < -0.3 is 10.3 Å². The van der Waals surface area contributed by atoms with Crippen LogP contribution in [0.2, 0.25) is 0 Å². The lowest BCUT2D eigenvalue weighted by Gasteiger charge is -2.20. The number of nitrogens with two attached hydrogens (primary N) is 1. The van der Waals surface area contributed by atoms with Gasteiger partial charge in [-0.25, -0.2) is 0 Å². The van der Waals surface area contributed by atoms with E-state index < -0.39 is 0 Å². The molecule has 0 amide bonds. The van der Waals surface area contributed by atoms with E-state index in [9.17, 15) is 0 Å². The molecule has 0 saturated heterocycles. The molecule has 0 aliphatic heterocycles. The summed E-state index contributed by atoms with van der Waals surface area (Å²) in [7, 11) is 0. The average Bonchev–Trinajstić information content (AvgIpc) is 2.63. The van der Waals surface area contributed by atoms with Crippen molar-refractivity contribution in [3.63, 3.8) is 0 Å². The molecule has 17 heavy (non-hydrogen) atoms. The smallest absolute Gasteiger partial charge is 0.231 e. The number of benzene rings is 1. The largest absolute Gasteiger partial charge is 0.399 e. The van der Waals surface area contributed by atoms with E-state index in [-0.39, 0.29) is 0 Å². The highest BCUT2D eigenvalue weighted by atomic mass is 16.5. The van der Waals surface area contributed by atoms with Crippen molar-refractivity contribution in [1.29, 1.82) is 0 Å². The fourth-order valence-electron chi connectivity index (χ4n) is 2.05. The van der Waals surface area contributed by atoms with Crippen molar-refractivity contribution in [2.24, 2.45) is 0 Å². The lowest BCUT2D eigenvalue weighted by atomic mass is 9.85. The van der Waals surface area contributed by atoms with Gasteiger partial charge in [-0.05, 0) is 30.5 Å². The third-order valence-corrected chi connectivity index (χ3v) is 3.26. The number of nitrogens with zero attached hydrogens (tertiary/aromatic N) is 2. The van der Waals surface area contributed by atoms with Crippen LogP contribution in [0.15, 0.2) is 28.8 Å². The third-order valence-electron chi connectivity index (χ3n) is 3.26. The van der Waals surface area contributed by atoms with Crippen molar-refractivity contribution in [1.82, 2.24) is 10.1 Å². The molecule has 0 spiro atoms. The molecule has 0 radical (unpaired) electrons. The zero-order valence-electron chi connectivity index (χ0n) is 9.60. The molecule has 1 heterocycles. The predicted molar refractivity (Wildman–Crippen MR) is 64.6 cm³/mol. The summed E-state index contributed by atoms with van der Waals surface area (Å²) in [4.78, 5) is 4.44. The maximum atomic E-state index is 5.73. The van der Waals surface area contributed by atoms with Gasteiger partial charge in [-0.1, -0.05) is 23.7 Å². The van der Waals surface area contributed by atoms with Crippen molar-refractivity contribution in [2.45, 2.75) is 31.6 Å². The zero-order valence-corrected chi connectivity index (χ0v) is 9.60. The first-order valence-corrected chi connectivity index (χ1v) is 5.98. The Labute approximate surface area is 99.8 Å². The summed E-state index contributed by atoms with van der Waals surface area (Å²) >= 11 is 0. The zero-order chi connectivity index (χ0) is 11.7. The van der Waals surface area contributed by atoms with E-state index in [1.165, 1.54) is 19.3 Å². The maximum absolute atomic E-state index is 5.73. The SMILES string of the molecule is Nc1cccc(Cc2nc(C3CCC3)no2)c1. The molecule has 0 atom stereocenters. The molecule has 1 saturated carbocycles. The Morgan fingerprint density at radius 2 is 2.24 bits per heavy atom. The van der Waals surface area contributed by atoms with Crippen molar-refractivity contribution in [2.75, 3.05) is 5.73 Å². The second-order valence-corrected chi connectivity index (χ2v) is 4.60. The van der Waals surface area contributed by atoms with Crippen LogP contribution in [0, 0.1) is 0 Å². The van der Waals surface area contributed by atoms with E-state index >= 15 is 0 Å². The second kappa shape index (κ2) is 4.20. The van der Waals surface area contributed by atoms with E-state index in [1.54, 1.807) is 0 Å². The van der Waals surface area contributed by atoms with E-state index in [0.717, 1.165) is 17.1 Å². The Balaban J connectivity index is 1.74. The Bertz CT molecular complexity index is 517. The normalized spacial score (nSPS) is 15.8. The number of aromatic nitrogens is 2. The Morgan fingerprint density at radius 3 is 2.94 bits per heavy atom. The summed E-state index contributed by atoms with van der Waals surface area (Å²) < 4.78 is 5.26. The molecule has 0 bridgehead atoms. The summed E-state index contributed by atoms with van der Waals surface area (Å²) in [5.41, 5.74) is 7.60. The number of nitrogen functional groups attached to an aromatic ring is 1. The van der Waals surface area contributed by atoms with Crippen LogP contribution in [-0.4, -0.2) is 10.1 Å². The first kappa shape index (κ1) is 10.3. The van der Waals surface area contributed by atoms with Crippen LogP contribution in [0.1, 0.15) is 42.5 Å². The van der Waals surface area contributed by atoms with Gasteiger partial charge >= 0.3 is 0 Å². The van der Waals surface area contributed by atoms with Crippen molar-refractivity contribution < 1.29 is 4.52 Å². The Hall–Kier alpha value is -1.84. The molecular weight excluding hydrogens is 214 g/mol. The van der Waals surface area contributed by atoms with Gasteiger partial charge in [-0.15, -0.1) is 0 Å².